The SMILES string of the molecule is COc1ccc2c(c1)C(c1ccccc1)C=C(C)O2. The van der Waals surface area contributed by atoms with Gasteiger partial charge in [0.1, 0.15) is 11.5 Å². The van der Waals surface area contributed by atoms with E-state index in [-0.39, 0.29) is 5.92 Å². The van der Waals surface area contributed by atoms with Gasteiger partial charge in [0, 0.05) is 11.5 Å². The molecular formula is C17H16O2. The molecule has 0 amide bonds. The van der Waals surface area contributed by atoms with Crippen LogP contribution in [0.2, 0.25) is 0 Å². The predicted octanol–water partition coefficient (Wildman–Crippen LogP) is 4.12. The molecule has 1 atom stereocenters. The molecular weight excluding hydrogens is 236 g/mol. The van der Waals surface area contributed by atoms with Gasteiger partial charge in [-0.1, -0.05) is 30.3 Å². The average Bonchev–Trinajstić information content (AvgIpc) is 2.47. The number of methoxy groups -OCH3 is 1. The third-order valence-corrected chi connectivity index (χ3v) is 3.38. The van der Waals surface area contributed by atoms with Crippen LogP contribution < -0.4 is 9.47 Å². The lowest BCUT2D eigenvalue weighted by atomic mass is 9.88. The number of benzene rings is 2. The Bertz CT molecular complexity index is 614. The van der Waals surface area contributed by atoms with E-state index in [0.717, 1.165) is 22.8 Å². The third-order valence-electron chi connectivity index (χ3n) is 3.38. The summed E-state index contributed by atoms with van der Waals surface area (Å²) >= 11 is 0. The van der Waals surface area contributed by atoms with Gasteiger partial charge in [0.15, 0.2) is 0 Å². The molecule has 19 heavy (non-hydrogen) atoms. The second kappa shape index (κ2) is 4.81. The maximum atomic E-state index is 5.79. The molecule has 2 aromatic rings. The monoisotopic (exact) mass is 252 g/mol. The van der Waals surface area contributed by atoms with Gasteiger partial charge in [-0.2, -0.15) is 0 Å². The molecule has 96 valence electrons. The standard InChI is InChI=1S/C17H16O2/c1-12-10-15(13-6-4-3-5-7-13)16-11-14(18-2)8-9-17(16)19-12/h3-11,15H,1-2H3. The zero-order valence-corrected chi connectivity index (χ0v) is 11.1. The van der Waals surface area contributed by atoms with Gasteiger partial charge in [0.2, 0.25) is 0 Å². The van der Waals surface area contributed by atoms with E-state index in [2.05, 4.69) is 36.4 Å². The van der Waals surface area contributed by atoms with Gasteiger partial charge in [-0.15, -0.1) is 0 Å². The van der Waals surface area contributed by atoms with Gasteiger partial charge < -0.3 is 9.47 Å². The molecule has 1 aliphatic rings. The summed E-state index contributed by atoms with van der Waals surface area (Å²) < 4.78 is 11.1. The highest BCUT2D eigenvalue weighted by Crippen LogP contribution is 2.40. The molecule has 1 unspecified atom stereocenters. The molecule has 0 aromatic heterocycles. The highest BCUT2D eigenvalue weighted by molar-refractivity contribution is 5.51. The third kappa shape index (κ3) is 2.22. The largest absolute Gasteiger partial charge is 0.497 e. The quantitative estimate of drug-likeness (QED) is 0.800. The summed E-state index contributed by atoms with van der Waals surface area (Å²) in [7, 11) is 1.68. The van der Waals surface area contributed by atoms with Crippen molar-refractivity contribution in [2.45, 2.75) is 12.8 Å². The van der Waals surface area contributed by atoms with E-state index in [9.17, 15) is 0 Å². The van der Waals surface area contributed by atoms with Crippen LogP contribution in [0.4, 0.5) is 0 Å². The van der Waals surface area contributed by atoms with Crippen LogP contribution in [0.15, 0.2) is 60.4 Å². The van der Waals surface area contributed by atoms with Crippen molar-refractivity contribution in [1.82, 2.24) is 0 Å². The lowest BCUT2D eigenvalue weighted by Crippen LogP contribution is -2.09. The van der Waals surface area contributed by atoms with E-state index in [4.69, 9.17) is 9.47 Å². The topological polar surface area (TPSA) is 18.5 Å². The van der Waals surface area contributed by atoms with E-state index in [0.29, 0.717) is 0 Å². The zero-order chi connectivity index (χ0) is 13.2. The number of hydrogen-bond donors (Lipinski definition) is 0. The van der Waals surface area contributed by atoms with Crippen LogP contribution in [-0.4, -0.2) is 7.11 Å². The van der Waals surface area contributed by atoms with Crippen LogP contribution in [0.3, 0.4) is 0 Å². The summed E-state index contributed by atoms with van der Waals surface area (Å²) in [5, 5.41) is 0. The Labute approximate surface area is 113 Å². The predicted molar refractivity (Wildman–Crippen MR) is 75.7 cm³/mol. The van der Waals surface area contributed by atoms with E-state index in [1.807, 2.05) is 25.1 Å². The van der Waals surface area contributed by atoms with Crippen molar-refractivity contribution in [3.8, 4) is 11.5 Å². The fraction of sp³-hybridized carbons (Fsp3) is 0.176. The van der Waals surface area contributed by atoms with Gasteiger partial charge in [-0.05, 0) is 36.8 Å². The lowest BCUT2D eigenvalue weighted by molar-refractivity contribution is 0.395. The van der Waals surface area contributed by atoms with Crippen LogP contribution in [-0.2, 0) is 0 Å². The first kappa shape index (κ1) is 11.8. The van der Waals surface area contributed by atoms with E-state index >= 15 is 0 Å². The summed E-state index contributed by atoms with van der Waals surface area (Å²) in [6.07, 6.45) is 2.15. The van der Waals surface area contributed by atoms with Gasteiger partial charge in [-0.25, -0.2) is 0 Å². The van der Waals surface area contributed by atoms with Crippen molar-refractivity contribution in [3.63, 3.8) is 0 Å². The van der Waals surface area contributed by atoms with Crippen molar-refractivity contribution >= 4 is 0 Å². The van der Waals surface area contributed by atoms with E-state index in [1.54, 1.807) is 7.11 Å². The smallest absolute Gasteiger partial charge is 0.131 e. The van der Waals surface area contributed by atoms with Gasteiger partial charge >= 0.3 is 0 Å². The fourth-order valence-electron chi connectivity index (χ4n) is 2.46. The van der Waals surface area contributed by atoms with Crippen LogP contribution in [0.25, 0.3) is 0 Å². The van der Waals surface area contributed by atoms with Gasteiger partial charge in [-0.3, -0.25) is 0 Å². The number of allylic oxidation sites excluding steroid dienone is 2. The molecule has 0 bridgehead atoms. The summed E-state index contributed by atoms with van der Waals surface area (Å²) in [6.45, 7) is 1.99. The normalized spacial score (nSPS) is 17.2. The Morgan fingerprint density at radius 3 is 2.58 bits per heavy atom. The molecule has 0 saturated carbocycles. The van der Waals surface area contributed by atoms with Crippen LogP contribution in [0.1, 0.15) is 24.0 Å². The molecule has 0 saturated heterocycles. The van der Waals surface area contributed by atoms with E-state index < -0.39 is 0 Å². The second-order valence-corrected chi connectivity index (χ2v) is 4.67. The number of fused-ring (bicyclic) bond motifs is 1. The Morgan fingerprint density at radius 1 is 1.05 bits per heavy atom. The molecule has 0 N–H and O–H groups in total. The Hall–Kier alpha value is -2.22. The number of rotatable bonds is 2. The minimum atomic E-state index is 0.222. The van der Waals surface area contributed by atoms with Crippen molar-refractivity contribution in [2.75, 3.05) is 7.11 Å². The minimum Gasteiger partial charge on any atom is -0.497 e. The van der Waals surface area contributed by atoms with E-state index in [1.165, 1.54) is 5.56 Å². The van der Waals surface area contributed by atoms with Gasteiger partial charge in [0.25, 0.3) is 0 Å². The minimum absolute atomic E-state index is 0.222. The molecule has 3 rings (SSSR count). The Morgan fingerprint density at radius 2 is 1.84 bits per heavy atom. The zero-order valence-electron chi connectivity index (χ0n) is 11.1. The molecule has 2 aromatic carbocycles. The number of hydrogen-bond acceptors (Lipinski definition) is 2. The van der Waals surface area contributed by atoms with Crippen LogP contribution in [0.5, 0.6) is 11.5 Å². The highest BCUT2D eigenvalue weighted by Gasteiger charge is 2.22. The molecule has 1 heterocycles. The Kier molecular flexibility index (Phi) is 3.00. The second-order valence-electron chi connectivity index (χ2n) is 4.67. The van der Waals surface area contributed by atoms with Crippen molar-refractivity contribution in [2.24, 2.45) is 0 Å². The van der Waals surface area contributed by atoms with Crippen molar-refractivity contribution < 1.29 is 9.47 Å². The molecule has 1 aliphatic heterocycles. The first-order valence-corrected chi connectivity index (χ1v) is 6.37. The average molecular weight is 252 g/mol. The van der Waals surface area contributed by atoms with Crippen molar-refractivity contribution in [3.05, 3.63) is 71.5 Å². The van der Waals surface area contributed by atoms with Crippen molar-refractivity contribution in [1.29, 1.82) is 0 Å². The fourth-order valence-corrected chi connectivity index (χ4v) is 2.46. The highest BCUT2D eigenvalue weighted by atomic mass is 16.5. The van der Waals surface area contributed by atoms with Gasteiger partial charge in [0.05, 0.1) is 12.9 Å². The number of ether oxygens (including phenoxy) is 2. The first-order chi connectivity index (χ1) is 9.28. The molecule has 0 spiro atoms. The molecule has 0 aliphatic carbocycles. The molecule has 2 heteroatoms. The summed E-state index contributed by atoms with van der Waals surface area (Å²) in [5.41, 5.74) is 2.41. The van der Waals surface area contributed by atoms with Crippen LogP contribution >= 0.6 is 0 Å². The lowest BCUT2D eigenvalue weighted by Gasteiger charge is -2.24. The Balaban J connectivity index is 2.12. The summed E-state index contributed by atoms with van der Waals surface area (Å²) in [4.78, 5) is 0. The molecule has 0 fully saturated rings. The maximum absolute atomic E-state index is 5.79. The van der Waals surface area contributed by atoms with Crippen LogP contribution in [0, 0.1) is 0 Å². The summed E-state index contributed by atoms with van der Waals surface area (Å²) in [5.74, 6) is 2.93. The summed E-state index contributed by atoms with van der Waals surface area (Å²) in [6, 6.07) is 16.4. The molecule has 0 radical (unpaired) electrons. The maximum Gasteiger partial charge on any atom is 0.131 e. The first-order valence-electron chi connectivity index (χ1n) is 6.37. The molecule has 2 nitrogen and oxygen atoms in total.